The van der Waals surface area contributed by atoms with E-state index in [9.17, 15) is 9.59 Å². The first-order valence-corrected chi connectivity index (χ1v) is 6.84. The zero-order chi connectivity index (χ0) is 14.4. The van der Waals surface area contributed by atoms with Crippen LogP contribution >= 0.6 is 15.9 Å². The zero-order valence-electron chi connectivity index (χ0n) is 11.2. The third kappa shape index (κ3) is 4.55. The minimum absolute atomic E-state index is 0.371. The molecule has 1 rings (SSSR count). The monoisotopic (exact) mass is 327 g/mol. The van der Waals surface area contributed by atoms with Crippen molar-refractivity contribution in [3.63, 3.8) is 0 Å². The molecular weight excluding hydrogens is 310 g/mol. The lowest BCUT2D eigenvalue weighted by molar-refractivity contribution is -0.120. The lowest BCUT2D eigenvalue weighted by atomic mass is 10.1. The lowest BCUT2D eigenvalue weighted by Gasteiger charge is -2.17. The number of amides is 3. The molecule has 6 heteroatoms. The Hall–Kier alpha value is -1.56. The molecule has 0 heterocycles. The average molecular weight is 328 g/mol. The van der Waals surface area contributed by atoms with Gasteiger partial charge in [-0.05, 0) is 37.1 Å². The van der Waals surface area contributed by atoms with Crippen LogP contribution in [0.15, 0.2) is 22.7 Å². The Morgan fingerprint density at radius 2 is 2.05 bits per heavy atom. The molecule has 1 aromatic rings. The first-order valence-electron chi connectivity index (χ1n) is 6.05. The number of rotatable bonds is 4. The minimum atomic E-state index is -0.509. The molecule has 0 radical (unpaired) electrons. The molecule has 0 saturated heterocycles. The van der Waals surface area contributed by atoms with Gasteiger partial charge in [-0.2, -0.15) is 0 Å². The first kappa shape index (κ1) is 15.5. The minimum Gasteiger partial charge on any atom is -0.374 e. The van der Waals surface area contributed by atoms with Gasteiger partial charge in [0.2, 0.25) is 5.91 Å². The molecule has 0 aliphatic carbocycles. The van der Waals surface area contributed by atoms with Gasteiger partial charge < -0.3 is 10.6 Å². The van der Waals surface area contributed by atoms with Crippen molar-refractivity contribution in [2.45, 2.75) is 26.3 Å². The van der Waals surface area contributed by atoms with Crippen molar-refractivity contribution < 1.29 is 9.59 Å². The molecule has 3 N–H and O–H groups in total. The summed E-state index contributed by atoms with van der Waals surface area (Å²) in [7, 11) is 1.46. The summed E-state index contributed by atoms with van der Waals surface area (Å²) in [6, 6.07) is 4.82. The normalized spacial score (nSPS) is 11.6. The number of benzene rings is 1. The maximum atomic E-state index is 11.7. The van der Waals surface area contributed by atoms with E-state index >= 15 is 0 Å². The highest BCUT2D eigenvalue weighted by atomic mass is 79.9. The summed E-state index contributed by atoms with van der Waals surface area (Å²) in [5.41, 5.74) is 2.00. The predicted octanol–water partition coefficient (Wildman–Crippen LogP) is 2.27. The van der Waals surface area contributed by atoms with Crippen molar-refractivity contribution in [3.05, 3.63) is 28.2 Å². The summed E-state index contributed by atoms with van der Waals surface area (Å²) >= 11 is 3.41. The van der Waals surface area contributed by atoms with Gasteiger partial charge in [0.15, 0.2) is 0 Å². The van der Waals surface area contributed by atoms with Crippen LogP contribution in [0.2, 0.25) is 0 Å². The van der Waals surface area contributed by atoms with Crippen LogP contribution in [0.5, 0.6) is 0 Å². The standard InChI is InChI=1S/C13H18BrN3O2/c1-4-9-7-10(14)5-6-11(9)16-8(2)12(18)17-13(19)15-3/h5-8,16H,4H2,1-3H3,(H2,15,17,18,19). The molecular formula is C13H18BrN3O2. The Bertz CT molecular complexity index is 477. The second-order valence-electron chi connectivity index (χ2n) is 4.09. The Morgan fingerprint density at radius 3 is 2.63 bits per heavy atom. The van der Waals surface area contributed by atoms with E-state index in [1.54, 1.807) is 6.92 Å². The molecule has 19 heavy (non-hydrogen) atoms. The Morgan fingerprint density at radius 1 is 1.37 bits per heavy atom. The molecule has 1 atom stereocenters. The van der Waals surface area contributed by atoms with Crippen molar-refractivity contribution >= 4 is 33.6 Å². The van der Waals surface area contributed by atoms with Gasteiger partial charge in [-0.3, -0.25) is 10.1 Å². The smallest absolute Gasteiger partial charge is 0.321 e. The van der Waals surface area contributed by atoms with Crippen LogP contribution in [0, 0.1) is 0 Å². The highest BCUT2D eigenvalue weighted by Gasteiger charge is 2.15. The third-order valence-corrected chi connectivity index (χ3v) is 3.17. The Labute approximate surface area is 121 Å². The van der Waals surface area contributed by atoms with Gasteiger partial charge in [-0.15, -0.1) is 0 Å². The third-order valence-electron chi connectivity index (χ3n) is 2.68. The molecule has 0 spiro atoms. The van der Waals surface area contributed by atoms with E-state index in [1.807, 2.05) is 25.1 Å². The maximum Gasteiger partial charge on any atom is 0.321 e. The van der Waals surface area contributed by atoms with Crippen molar-refractivity contribution in [3.8, 4) is 0 Å². The van der Waals surface area contributed by atoms with Crippen LogP contribution in [-0.4, -0.2) is 25.0 Å². The average Bonchev–Trinajstić information content (AvgIpc) is 2.40. The number of halogens is 1. The number of anilines is 1. The second kappa shape index (κ2) is 7.13. The maximum absolute atomic E-state index is 11.7. The van der Waals surface area contributed by atoms with Crippen molar-refractivity contribution in [1.29, 1.82) is 0 Å². The van der Waals surface area contributed by atoms with Crippen LogP contribution in [0.3, 0.4) is 0 Å². The summed E-state index contributed by atoms with van der Waals surface area (Å²) in [6.45, 7) is 3.75. The van der Waals surface area contributed by atoms with Gasteiger partial charge in [0.25, 0.3) is 0 Å². The van der Waals surface area contributed by atoms with E-state index in [4.69, 9.17) is 0 Å². The molecule has 3 amide bonds. The number of hydrogen-bond donors (Lipinski definition) is 3. The highest BCUT2D eigenvalue weighted by Crippen LogP contribution is 2.22. The summed E-state index contributed by atoms with van der Waals surface area (Å²) in [4.78, 5) is 22.8. The number of urea groups is 1. The van der Waals surface area contributed by atoms with Crippen molar-refractivity contribution in [2.75, 3.05) is 12.4 Å². The number of carbonyl (C=O) groups excluding carboxylic acids is 2. The SMILES string of the molecule is CCc1cc(Br)ccc1NC(C)C(=O)NC(=O)NC. The number of hydrogen-bond acceptors (Lipinski definition) is 3. The number of carbonyl (C=O) groups is 2. The summed E-state index contributed by atoms with van der Waals surface area (Å²) in [5, 5.41) is 7.68. The van der Waals surface area contributed by atoms with Crippen molar-refractivity contribution in [2.24, 2.45) is 0 Å². The quantitative estimate of drug-likeness (QED) is 0.794. The first-order chi connectivity index (χ1) is 8.97. The van der Waals surface area contributed by atoms with Gasteiger partial charge >= 0.3 is 6.03 Å². The largest absolute Gasteiger partial charge is 0.374 e. The van der Waals surface area contributed by atoms with Crippen LogP contribution in [0.4, 0.5) is 10.5 Å². The topological polar surface area (TPSA) is 70.2 Å². The molecule has 104 valence electrons. The van der Waals surface area contributed by atoms with Gasteiger partial charge in [0.05, 0.1) is 0 Å². The summed E-state index contributed by atoms with van der Waals surface area (Å²) in [6.07, 6.45) is 0.853. The van der Waals surface area contributed by atoms with Gasteiger partial charge in [0.1, 0.15) is 6.04 Å². The lowest BCUT2D eigenvalue weighted by Crippen LogP contribution is -2.44. The molecule has 0 aliphatic rings. The van der Waals surface area contributed by atoms with Crippen LogP contribution in [-0.2, 0) is 11.2 Å². The van der Waals surface area contributed by atoms with E-state index in [0.717, 1.165) is 22.1 Å². The van der Waals surface area contributed by atoms with Gasteiger partial charge in [0, 0.05) is 17.2 Å². The van der Waals surface area contributed by atoms with E-state index < -0.39 is 12.1 Å². The molecule has 5 nitrogen and oxygen atoms in total. The van der Waals surface area contributed by atoms with Gasteiger partial charge in [-0.25, -0.2) is 4.79 Å². The fourth-order valence-electron chi connectivity index (χ4n) is 1.58. The van der Waals surface area contributed by atoms with Crippen LogP contribution < -0.4 is 16.0 Å². The fourth-order valence-corrected chi connectivity index (χ4v) is 1.99. The van der Waals surface area contributed by atoms with Crippen LogP contribution in [0.1, 0.15) is 19.4 Å². The second-order valence-corrected chi connectivity index (χ2v) is 5.01. The van der Waals surface area contributed by atoms with E-state index in [0.29, 0.717) is 0 Å². The molecule has 1 aromatic carbocycles. The number of imide groups is 1. The van der Waals surface area contributed by atoms with Crippen molar-refractivity contribution in [1.82, 2.24) is 10.6 Å². The van der Waals surface area contributed by atoms with E-state index in [2.05, 4.69) is 31.9 Å². The van der Waals surface area contributed by atoms with Crippen LogP contribution in [0.25, 0.3) is 0 Å². The fraction of sp³-hybridized carbons (Fsp3) is 0.385. The Kier molecular flexibility index (Phi) is 5.82. The predicted molar refractivity (Wildman–Crippen MR) is 79.2 cm³/mol. The zero-order valence-corrected chi connectivity index (χ0v) is 12.8. The van der Waals surface area contributed by atoms with E-state index in [1.165, 1.54) is 7.05 Å². The molecule has 1 unspecified atom stereocenters. The van der Waals surface area contributed by atoms with E-state index in [-0.39, 0.29) is 5.91 Å². The highest BCUT2D eigenvalue weighted by molar-refractivity contribution is 9.10. The number of aryl methyl sites for hydroxylation is 1. The molecule has 0 aromatic heterocycles. The molecule has 0 fully saturated rings. The Balaban J connectivity index is 2.73. The van der Waals surface area contributed by atoms with Gasteiger partial charge in [-0.1, -0.05) is 22.9 Å². The summed E-state index contributed by atoms with van der Waals surface area (Å²) < 4.78 is 0.998. The summed E-state index contributed by atoms with van der Waals surface area (Å²) in [5.74, 6) is -0.371. The molecule has 0 saturated carbocycles. The number of nitrogens with one attached hydrogen (secondary N) is 3. The molecule has 0 aliphatic heterocycles. The molecule has 0 bridgehead atoms.